The van der Waals surface area contributed by atoms with Gasteiger partial charge in [-0.05, 0) is 45.7 Å². The van der Waals surface area contributed by atoms with E-state index in [2.05, 4.69) is 44.4 Å². The molecule has 0 aliphatic rings. The van der Waals surface area contributed by atoms with E-state index in [1.807, 2.05) is 39.1 Å². The van der Waals surface area contributed by atoms with Gasteiger partial charge < -0.3 is 15.6 Å². The third-order valence-corrected chi connectivity index (χ3v) is 6.02. The average Bonchev–Trinajstić information content (AvgIpc) is 3.52. The second-order valence-corrected chi connectivity index (χ2v) is 10.3. The predicted octanol–water partition coefficient (Wildman–Crippen LogP) is 3.78. The summed E-state index contributed by atoms with van der Waals surface area (Å²) in [6.07, 6.45) is 11.3. The topological polar surface area (TPSA) is 151 Å². The molecule has 0 unspecified atom stereocenters. The van der Waals surface area contributed by atoms with Crippen molar-refractivity contribution in [3.63, 3.8) is 0 Å². The highest BCUT2D eigenvalue weighted by molar-refractivity contribution is 5.76. The maximum atomic E-state index is 12.3. The SMILES string of the molecule is CCCC[C@](C)(c1ccc(-c2cnc(N)nc2)nc1)c1noc(-c2cnn(CC(=O)NC(C)(C)C)c2)n1. The molecular formula is C26H33N9O2. The fourth-order valence-electron chi connectivity index (χ4n) is 4.01. The van der Waals surface area contributed by atoms with E-state index in [9.17, 15) is 4.79 Å². The van der Waals surface area contributed by atoms with Crippen molar-refractivity contribution < 1.29 is 9.32 Å². The molecule has 4 aromatic rings. The summed E-state index contributed by atoms with van der Waals surface area (Å²) in [5.74, 6) is 1.02. The van der Waals surface area contributed by atoms with E-state index < -0.39 is 5.41 Å². The molecule has 11 nitrogen and oxygen atoms in total. The van der Waals surface area contributed by atoms with Crippen molar-refractivity contribution in [1.82, 2.24) is 40.2 Å². The van der Waals surface area contributed by atoms with Crippen LogP contribution in [0.2, 0.25) is 0 Å². The van der Waals surface area contributed by atoms with Crippen molar-refractivity contribution in [1.29, 1.82) is 0 Å². The zero-order valence-electron chi connectivity index (χ0n) is 21.9. The lowest BCUT2D eigenvalue weighted by atomic mass is 9.78. The number of nitrogens with two attached hydrogens (primary N) is 1. The fraction of sp³-hybridized carbons (Fsp3) is 0.423. The van der Waals surface area contributed by atoms with Crippen LogP contribution in [0.1, 0.15) is 65.3 Å². The van der Waals surface area contributed by atoms with Crippen LogP contribution in [0.3, 0.4) is 0 Å². The highest BCUT2D eigenvalue weighted by Crippen LogP contribution is 2.36. The molecule has 4 rings (SSSR count). The summed E-state index contributed by atoms with van der Waals surface area (Å²) in [6.45, 7) is 10.2. The van der Waals surface area contributed by atoms with Crippen LogP contribution in [0.15, 0.2) is 47.6 Å². The van der Waals surface area contributed by atoms with E-state index in [0.717, 1.165) is 36.1 Å². The van der Waals surface area contributed by atoms with E-state index in [1.54, 1.807) is 29.5 Å². The van der Waals surface area contributed by atoms with Crippen molar-refractivity contribution in [2.45, 2.75) is 71.4 Å². The Labute approximate surface area is 215 Å². The maximum Gasteiger partial charge on any atom is 0.261 e. The first kappa shape index (κ1) is 25.9. The average molecular weight is 504 g/mol. The number of anilines is 1. The lowest BCUT2D eigenvalue weighted by Gasteiger charge is -2.26. The number of unbranched alkanes of at least 4 members (excludes halogenated alkanes) is 1. The van der Waals surface area contributed by atoms with Gasteiger partial charge in [-0.15, -0.1) is 0 Å². The van der Waals surface area contributed by atoms with Crippen LogP contribution in [0.4, 0.5) is 5.95 Å². The molecule has 0 saturated heterocycles. The molecular weight excluding hydrogens is 470 g/mol. The number of carbonyl (C=O) groups excluding carboxylic acids is 1. The number of rotatable bonds is 9. The van der Waals surface area contributed by atoms with Gasteiger partial charge in [-0.2, -0.15) is 10.1 Å². The second-order valence-electron chi connectivity index (χ2n) is 10.3. The summed E-state index contributed by atoms with van der Waals surface area (Å²) in [7, 11) is 0. The Morgan fingerprint density at radius 2 is 1.81 bits per heavy atom. The number of hydrogen-bond donors (Lipinski definition) is 2. The molecule has 11 heteroatoms. The number of pyridine rings is 1. The van der Waals surface area contributed by atoms with Crippen LogP contribution in [0, 0.1) is 0 Å². The molecule has 4 aromatic heterocycles. The van der Waals surface area contributed by atoms with Crippen LogP contribution in [0.5, 0.6) is 0 Å². The number of aromatic nitrogens is 7. The minimum Gasteiger partial charge on any atom is -0.368 e. The molecule has 0 saturated carbocycles. The molecule has 0 aromatic carbocycles. The van der Waals surface area contributed by atoms with E-state index in [0.29, 0.717) is 17.3 Å². The van der Waals surface area contributed by atoms with Crippen molar-refractivity contribution in [2.24, 2.45) is 0 Å². The molecule has 0 aliphatic heterocycles. The van der Waals surface area contributed by atoms with Gasteiger partial charge in [0.05, 0.1) is 22.9 Å². The minimum atomic E-state index is -0.510. The number of hydrogen-bond acceptors (Lipinski definition) is 9. The first-order valence-electron chi connectivity index (χ1n) is 12.3. The van der Waals surface area contributed by atoms with Gasteiger partial charge in [0.1, 0.15) is 6.54 Å². The lowest BCUT2D eigenvalue weighted by Crippen LogP contribution is -2.42. The number of carbonyl (C=O) groups is 1. The molecule has 0 radical (unpaired) electrons. The summed E-state index contributed by atoms with van der Waals surface area (Å²) >= 11 is 0. The normalized spacial score (nSPS) is 13.3. The van der Waals surface area contributed by atoms with Gasteiger partial charge >= 0.3 is 0 Å². The second kappa shape index (κ2) is 10.5. The van der Waals surface area contributed by atoms with Crippen LogP contribution in [0.25, 0.3) is 22.7 Å². The van der Waals surface area contributed by atoms with Crippen molar-refractivity contribution in [2.75, 3.05) is 5.73 Å². The Morgan fingerprint density at radius 1 is 1.05 bits per heavy atom. The Balaban J connectivity index is 1.57. The number of amides is 1. The van der Waals surface area contributed by atoms with Gasteiger partial charge in [-0.1, -0.05) is 31.0 Å². The molecule has 0 bridgehead atoms. The third kappa shape index (κ3) is 6.16. The Bertz CT molecular complexity index is 1340. The van der Waals surface area contributed by atoms with E-state index >= 15 is 0 Å². The minimum absolute atomic E-state index is 0.101. The molecule has 1 amide bonds. The van der Waals surface area contributed by atoms with Gasteiger partial charge in [-0.25, -0.2) is 9.97 Å². The van der Waals surface area contributed by atoms with Crippen LogP contribution in [-0.2, 0) is 16.8 Å². The van der Waals surface area contributed by atoms with Crippen LogP contribution < -0.4 is 11.1 Å². The van der Waals surface area contributed by atoms with Gasteiger partial charge in [0.2, 0.25) is 11.9 Å². The van der Waals surface area contributed by atoms with E-state index in [1.165, 1.54) is 0 Å². The van der Waals surface area contributed by atoms with Gasteiger partial charge in [0, 0.05) is 35.9 Å². The summed E-state index contributed by atoms with van der Waals surface area (Å²) in [6, 6.07) is 3.96. The number of nitrogens with zero attached hydrogens (tertiary/aromatic N) is 7. The van der Waals surface area contributed by atoms with E-state index in [4.69, 9.17) is 15.2 Å². The largest absolute Gasteiger partial charge is 0.368 e. The van der Waals surface area contributed by atoms with Gasteiger partial charge in [0.25, 0.3) is 5.89 Å². The van der Waals surface area contributed by atoms with Gasteiger partial charge in [0.15, 0.2) is 5.82 Å². The monoisotopic (exact) mass is 503 g/mol. The van der Waals surface area contributed by atoms with Crippen LogP contribution >= 0.6 is 0 Å². The molecule has 3 N–H and O–H groups in total. The quantitative estimate of drug-likeness (QED) is 0.348. The summed E-state index contributed by atoms with van der Waals surface area (Å²) in [4.78, 5) is 29.7. The standard InChI is InChI=1S/C26H33N9O2/c1-6-7-10-26(5,19-8-9-20(28-14-19)17-11-29-24(27)30-12-17)23-32-22(37-34-23)18-13-31-35(15-18)16-21(36)33-25(2,3)4/h8-9,11-15H,6-7,10,16H2,1-5H3,(H,33,36)(H2,27,29,30)/t26-/m1/s1. The highest BCUT2D eigenvalue weighted by Gasteiger charge is 2.34. The molecule has 4 heterocycles. The molecule has 0 spiro atoms. The lowest BCUT2D eigenvalue weighted by molar-refractivity contribution is -0.123. The van der Waals surface area contributed by atoms with Crippen molar-refractivity contribution >= 4 is 11.9 Å². The summed E-state index contributed by atoms with van der Waals surface area (Å²) < 4.78 is 7.19. The maximum absolute atomic E-state index is 12.3. The first-order chi connectivity index (χ1) is 17.6. The Morgan fingerprint density at radius 3 is 2.46 bits per heavy atom. The molecule has 37 heavy (non-hydrogen) atoms. The fourth-order valence-corrected chi connectivity index (χ4v) is 4.01. The first-order valence-corrected chi connectivity index (χ1v) is 12.3. The molecule has 0 aliphatic carbocycles. The Kier molecular flexibility index (Phi) is 7.33. The van der Waals surface area contributed by atoms with Gasteiger partial charge in [-0.3, -0.25) is 14.5 Å². The zero-order valence-corrected chi connectivity index (χ0v) is 21.9. The zero-order chi connectivity index (χ0) is 26.6. The van der Waals surface area contributed by atoms with Crippen LogP contribution in [-0.4, -0.2) is 46.3 Å². The van der Waals surface area contributed by atoms with E-state index in [-0.39, 0.29) is 23.9 Å². The molecule has 0 fully saturated rings. The number of nitrogen functional groups attached to an aromatic ring is 1. The Hall–Kier alpha value is -4.15. The molecule has 194 valence electrons. The third-order valence-electron chi connectivity index (χ3n) is 6.02. The molecule has 1 atom stereocenters. The number of nitrogens with one attached hydrogen (secondary N) is 1. The smallest absolute Gasteiger partial charge is 0.261 e. The summed E-state index contributed by atoms with van der Waals surface area (Å²) in [5, 5.41) is 11.6. The van der Waals surface area contributed by atoms with Crippen molar-refractivity contribution in [3.05, 3.63) is 54.5 Å². The highest BCUT2D eigenvalue weighted by atomic mass is 16.5. The van der Waals surface area contributed by atoms with Crippen molar-refractivity contribution in [3.8, 4) is 22.7 Å². The summed E-state index contributed by atoms with van der Waals surface area (Å²) in [5.41, 5.74) is 7.93. The predicted molar refractivity (Wildman–Crippen MR) is 139 cm³/mol.